The van der Waals surface area contributed by atoms with Crippen LogP contribution in [0.1, 0.15) is 104 Å². The Hall–Kier alpha value is -1.54. The molecule has 0 atom stereocenters. The number of fused-ring (bicyclic) bond motifs is 2. The number of aliphatic carboxylic acids is 2. The summed E-state index contributed by atoms with van der Waals surface area (Å²) >= 11 is 0. The van der Waals surface area contributed by atoms with Gasteiger partial charge >= 0.3 is 11.9 Å². The molecule has 0 aliphatic carbocycles. The van der Waals surface area contributed by atoms with Crippen LogP contribution in [0.4, 0.5) is 11.4 Å². The Morgan fingerprint density at radius 3 is 1.31 bits per heavy atom. The zero-order valence-corrected chi connectivity index (χ0v) is 25.8. The van der Waals surface area contributed by atoms with E-state index in [1.54, 1.807) is 0 Å². The van der Waals surface area contributed by atoms with Crippen molar-refractivity contribution in [2.75, 3.05) is 13.1 Å². The van der Waals surface area contributed by atoms with Crippen molar-refractivity contribution in [1.82, 2.24) is 0 Å². The predicted octanol–water partition coefficient (Wildman–Crippen LogP) is -0.223. The number of carboxylic acid groups (broad SMARTS) is 2. The quantitative estimate of drug-likeness (QED) is 0.248. The molecule has 0 spiro atoms. The van der Waals surface area contributed by atoms with Gasteiger partial charge in [0, 0.05) is 62.8 Å². The van der Waals surface area contributed by atoms with E-state index in [-0.39, 0.29) is 57.6 Å². The maximum Gasteiger partial charge on any atom is 0.303 e. The van der Waals surface area contributed by atoms with Crippen LogP contribution in [0.15, 0.2) is 12.1 Å². The standard InChI is InChI=1S/C28H40N2O4.2BrH/c1-19-27(3,4)21-17-24-22(18-23(21)29(19)15-11-7-9-13-25(31)32)28(5,6)20(2)30(24)16-12-8-10-14-26(33)34;;/h17-18H,7-16H2,1-6H3;2*1H. The van der Waals surface area contributed by atoms with Crippen LogP contribution in [0.2, 0.25) is 0 Å². The summed E-state index contributed by atoms with van der Waals surface area (Å²) in [6, 6.07) is 4.79. The third-order valence-corrected chi connectivity index (χ3v) is 8.21. The zero-order valence-electron chi connectivity index (χ0n) is 22.6. The minimum absolute atomic E-state index is 0. The van der Waals surface area contributed by atoms with Gasteiger partial charge in [-0.05, 0) is 53.4 Å². The van der Waals surface area contributed by atoms with E-state index < -0.39 is 11.9 Å². The Morgan fingerprint density at radius 2 is 1.00 bits per heavy atom. The lowest BCUT2D eigenvalue weighted by molar-refractivity contribution is -0.442. The number of hydrogen-bond donors (Lipinski definition) is 2. The van der Waals surface area contributed by atoms with E-state index in [9.17, 15) is 9.59 Å². The second-order valence-corrected chi connectivity index (χ2v) is 11.0. The molecule has 0 saturated heterocycles. The van der Waals surface area contributed by atoms with Gasteiger partial charge in [-0.1, -0.05) is 0 Å². The zero-order chi connectivity index (χ0) is 25.3. The fourth-order valence-corrected chi connectivity index (χ4v) is 5.47. The van der Waals surface area contributed by atoms with Gasteiger partial charge in [0.25, 0.3) is 0 Å². The number of rotatable bonds is 12. The van der Waals surface area contributed by atoms with Gasteiger partial charge in [-0.15, -0.1) is 0 Å². The second kappa shape index (κ2) is 12.8. The van der Waals surface area contributed by atoms with E-state index in [1.807, 2.05) is 0 Å². The molecular formula is C28H42Br2N2O4. The highest BCUT2D eigenvalue weighted by atomic mass is 79.9. The van der Waals surface area contributed by atoms with Crippen molar-refractivity contribution in [2.45, 2.75) is 104 Å². The van der Waals surface area contributed by atoms with Crippen LogP contribution in [-0.2, 0) is 20.4 Å². The third-order valence-electron chi connectivity index (χ3n) is 8.21. The van der Waals surface area contributed by atoms with Gasteiger partial charge in [0.15, 0.2) is 11.4 Å². The molecule has 0 amide bonds. The van der Waals surface area contributed by atoms with Crippen LogP contribution < -0.4 is 34.0 Å². The molecule has 3 rings (SSSR count). The van der Waals surface area contributed by atoms with Crippen LogP contribution in [-0.4, -0.2) is 55.8 Å². The van der Waals surface area contributed by atoms with E-state index in [0.717, 1.165) is 51.6 Å². The minimum Gasteiger partial charge on any atom is -1.00 e. The van der Waals surface area contributed by atoms with E-state index in [2.05, 4.69) is 62.8 Å². The van der Waals surface area contributed by atoms with Gasteiger partial charge in [0.05, 0.1) is 10.8 Å². The molecule has 0 saturated carbocycles. The molecule has 0 aromatic heterocycles. The van der Waals surface area contributed by atoms with Crippen molar-refractivity contribution in [3.05, 3.63) is 23.3 Å². The number of carboxylic acids is 2. The molecule has 0 radical (unpaired) electrons. The fourth-order valence-electron chi connectivity index (χ4n) is 5.47. The van der Waals surface area contributed by atoms with E-state index in [0.29, 0.717) is 0 Å². The van der Waals surface area contributed by atoms with Gasteiger partial charge in [-0.3, -0.25) is 9.59 Å². The topological polar surface area (TPSA) is 80.6 Å². The second-order valence-electron chi connectivity index (χ2n) is 11.0. The maximum atomic E-state index is 10.8. The molecule has 8 heteroatoms. The first-order chi connectivity index (χ1) is 15.9. The first-order valence-corrected chi connectivity index (χ1v) is 12.7. The van der Waals surface area contributed by atoms with Gasteiger partial charge in [-0.2, -0.15) is 9.15 Å². The van der Waals surface area contributed by atoms with E-state index >= 15 is 0 Å². The Labute approximate surface area is 237 Å². The third kappa shape index (κ3) is 6.47. The van der Waals surface area contributed by atoms with Crippen molar-refractivity contribution < 1.29 is 62.9 Å². The normalized spacial score (nSPS) is 16.8. The Morgan fingerprint density at radius 1 is 0.667 bits per heavy atom. The lowest BCUT2D eigenvalue weighted by Gasteiger charge is -2.17. The van der Waals surface area contributed by atoms with Crippen LogP contribution in [0, 0.1) is 0 Å². The highest BCUT2D eigenvalue weighted by Crippen LogP contribution is 2.48. The van der Waals surface area contributed by atoms with Gasteiger partial charge in [0.1, 0.15) is 13.1 Å². The summed E-state index contributed by atoms with van der Waals surface area (Å²) in [5.41, 5.74) is 7.89. The summed E-state index contributed by atoms with van der Waals surface area (Å²) in [6.07, 6.45) is 5.75. The number of carbonyl (C=O) groups is 2. The number of unbranched alkanes of at least 4 members (excludes halogenated alkanes) is 4. The van der Waals surface area contributed by atoms with Crippen LogP contribution in [0.3, 0.4) is 0 Å². The minimum atomic E-state index is -0.716. The number of hydrogen-bond acceptors (Lipinski definition) is 2. The Kier molecular flexibility index (Phi) is 11.6. The first kappa shape index (κ1) is 32.5. The van der Waals surface area contributed by atoms with Gasteiger partial charge in [0.2, 0.25) is 11.4 Å². The lowest BCUT2D eigenvalue weighted by atomic mass is 9.78. The molecule has 202 valence electrons. The van der Waals surface area contributed by atoms with Crippen LogP contribution >= 0.6 is 0 Å². The summed E-state index contributed by atoms with van der Waals surface area (Å²) < 4.78 is 4.91. The Balaban J connectivity index is 0.00000324. The van der Waals surface area contributed by atoms with Crippen LogP contribution in [0.5, 0.6) is 0 Å². The predicted molar refractivity (Wildman–Crippen MR) is 136 cm³/mol. The average molecular weight is 630 g/mol. The molecule has 1 aromatic rings. The SMILES string of the molecule is CC1=[N+](CCCCCC(=O)O)c2cc3c(cc2C1(C)C)[N+](CCCCCC(=O)O)=C(C)C3(C)C.[Br-].[Br-]. The van der Waals surface area contributed by atoms with E-state index in [1.165, 1.54) is 33.9 Å². The monoisotopic (exact) mass is 628 g/mol. The molecule has 2 aliphatic heterocycles. The molecule has 36 heavy (non-hydrogen) atoms. The van der Waals surface area contributed by atoms with Gasteiger partial charge < -0.3 is 44.2 Å². The summed E-state index contributed by atoms with van der Waals surface area (Å²) in [5, 5.41) is 17.8. The fraction of sp³-hybridized carbons (Fsp3) is 0.643. The van der Waals surface area contributed by atoms with Gasteiger partial charge in [-0.25, -0.2) is 0 Å². The van der Waals surface area contributed by atoms with E-state index in [4.69, 9.17) is 10.2 Å². The highest BCUT2D eigenvalue weighted by molar-refractivity contribution is 5.97. The summed E-state index contributed by atoms with van der Waals surface area (Å²) in [6.45, 7) is 15.5. The molecule has 2 heterocycles. The molecule has 0 fully saturated rings. The van der Waals surface area contributed by atoms with Crippen LogP contribution in [0.25, 0.3) is 0 Å². The smallest absolute Gasteiger partial charge is 0.303 e. The molecule has 2 aliphatic rings. The molecule has 0 bridgehead atoms. The van der Waals surface area contributed by atoms with Crippen molar-refractivity contribution in [1.29, 1.82) is 0 Å². The summed E-state index contributed by atoms with van der Waals surface area (Å²) in [7, 11) is 0. The van der Waals surface area contributed by atoms with Crippen molar-refractivity contribution in [2.24, 2.45) is 0 Å². The lowest BCUT2D eigenvalue weighted by Crippen LogP contribution is -3.00. The number of halogens is 2. The first-order valence-electron chi connectivity index (χ1n) is 12.7. The molecule has 0 unspecified atom stereocenters. The number of benzene rings is 1. The Bertz CT molecular complexity index is 974. The van der Waals surface area contributed by atoms with Crippen molar-refractivity contribution in [3.8, 4) is 0 Å². The molecular weight excluding hydrogens is 588 g/mol. The molecule has 1 aromatic carbocycles. The van der Waals surface area contributed by atoms with Crippen molar-refractivity contribution >= 4 is 34.7 Å². The molecule has 2 N–H and O–H groups in total. The average Bonchev–Trinajstić information content (AvgIpc) is 3.05. The summed E-state index contributed by atoms with van der Waals surface area (Å²) in [5.74, 6) is -1.43. The molecule has 6 nitrogen and oxygen atoms in total. The summed E-state index contributed by atoms with van der Waals surface area (Å²) in [4.78, 5) is 21.6. The maximum absolute atomic E-state index is 10.8. The number of nitrogens with zero attached hydrogens (tertiary/aromatic N) is 2. The largest absolute Gasteiger partial charge is 1.00 e. The highest BCUT2D eigenvalue weighted by Gasteiger charge is 2.49. The van der Waals surface area contributed by atoms with Crippen molar-refractivity contribution in [3.63, 3.8) is 0 Å².